The van der Waals surface area contributed by atoms with E-state index in [4.69, 9.17) is 16.3 Å². The van der Waals surface area contributed by atoms with Gasteiger partial charge in [0.2, 0.25) is 5.91 Å². The average Bonchev–Trinajstić information content (AvgIpc) is 3.30. The lowest BCUT2D eigenvalue weighted by molar-refractivity contribution is -0.121. The third-order valence-corrected chi connectivity index (χ3v) is 6.42. The average molecular weight is 481 g/mol. The summed E-state index contributed by atoms with van der Waals surface area (Å²) in [5.74, 6) is 0.474. The van der Waals surface area contributed by atoms with Gasteiger partial charge in [0, 0.05) is 24.0 Å². The van der Waals surface area contributed by atoms with Gasteiger partial charge in [-0.15, -0.1) is 0 Å². The highest BCUT2D eigenvalue weighted by Gasteiger charge is 2.31. The van der Waals surface area contributed by atoms with Crippen LogP contribution < -0.4 is 10.1 Å². The predicted molar refractivity (Wildman–Crippen MR) is 133 cm³/mol. The molecule has 0 bridgehead atoms. The van der Waals surface area contributed by atoms with Gasteiger partial charge in [-0.25, -0.2) is 4.68 Å². The van der Waals surface area contributed by atoms with Gasteiger partial charge < -0.3 is 15.0 Å². The molecule has 1 aromatic heterocycles. The zero-order valence-electron chi connectivity index (χ0n) is 19.6. The molecule has 0 unspecified atom stereocenters. The van der Waals surface area contributed by atoms with E-state index in [0.717, 1.165) is 11.4 Å². The first-order valence-corrected chi connectivity index (χ1v) is 11.8. The number of carbonyl (C=O) groups is 2. The van der Waals surface area contributed by atoms with Crippen LogP contribution in [0.1, 0.15) is 48.7 Å². The smallest absolute Gasteiger partial charge is 0.257 e. The van der Waals surface area contributed by atoms with Crippen LogP contribution in [-0.4, -0.2) is 46.7 Å². The molecule has 2 heterocycles. The lowest BCUT2D eigenvalue weighted by Crippen LogP contribution is -2.41. The summed E-state index contributed by atoms with van der Waals surface area (Å²) in [6.45, 7) is 5.14. The highest BCUT2D eigenvalue weighted by molar-refractivity contribution is 6.30. The first kappa shape index (κ1) is 23.8. The molecular formula is C26H29ClN4O3. The van der Waals surface area contributed by atoms with E-state index in [2.05, 4.69) is 24.3 Å². The van der Waals surface area contributed by atoms with Crippen molar-refractivity contribution in [1.29, 1.82) is 0 Å². The summed E-state index contributed by atoms with van der Waals surface area (Å²) in [7, 11) is 1.58. The number of halogens is 1. The predicted octanol–water partition coefficient (Wildman–Crippen LogP) is 5.15. The molecule has 1 aliphatic heterocycles. The second-order valence-corrected chi connectivity index (χ2v) is 9.18. The Morgan fingerprint density at radius 3 is 2.41 bits per heavy atom. The molecule has 1 saturated heterocycles. The highest BCUT2D eigenvalue weighted by atomic mass is 35.5. The zero-order valence-corrected chi connectivity index (χ0v) is 20.4. The standard InChI is InChI=1S/C26H29ClN4O3/c1-17(2)24-21(16-28-31(24)20-10-8-19(27)9-11-20)26(33)30-14-12-18(13-15-30)25(32)29-22-6-4-5-7-23(22)34-3/h4-11,16-18H,12-15H2,1-3H3,(H,29,32). The third-order valence-electron chi connectivity index (χ3n) is 6.17. The number of aromatic nitrogens is 2. The Kier molecular flexibility index (Phi) is 7.22. The van der Waals surface area contributed by atoms with Crippen molar-refractivity contribution >= 4 is 29.1 Å². The minimum absolute atomic E-state index is 0.0463. The Hall–Kier alpha value is -3.32. The lowest BCUT2D eigenvalue weighted by Gasteiger charge is -2.31. The van der Waals surface area contributed by atoms with Crippen LogP contribution in [-0.2, 0) is 4.79 Å². The molecule has 2 aromatic carbocycles. The number of amides is 2. The maximum absolute atomic E-state index is 13.4. The molecule has 0 radical (unpaired) electrons. The summed E-state index contributed by atoms with van der Waals surface area (Å²) in [6, 6.07) is 14.8. The van der Waals surface area contributed by atoms with Gasteiger partial charge in [-0.3, -0.25) is 9.59 Å². The Bertz CT molecular complexity index is 1170. The first-order chi connectivity index (χ1) is 16.4. The number of nitrogens with zero attached hydrogens (tertiary/aromatic N) is 3. The van der Waals surface area contributed by atoms with Crippen LogP contribution >= 0.6 is 11.6 Å². The van der Waals surface area contributed by atoms with Crippen molar-refractivity contribution in [2.24, 2.45) is 5.92 Å². The fourth-order valence-electron chi connectivity index (χ4n) is 4.36. The molecule has 2 amide bonds. The van der Waals surface area contributed by atoms with Crippen LogP contribution in [0.2, 0.25) is 5.02 Å². The minimum atomic E-state index is -0.157. The van der Waals surface area contributed by atoms with E-state index >= 15 is 0 Å². The normalized spacial score (nSPS) is 14.3. The maximum Gasteiger partial charge on any atom is 0.257 e. The largest absolute Gasteiger partial charge is 0.495 e. The van der Waals surface area contributed by atoms with Crippen molar-refractivity contribution in [2.45, 2.75) is 32.6 Å². The molecule has 0 saturated carbocycles. The molecule has 7 nitrogen and oxygen atoms in total. The molecule has 3 aromatic rings. The number of ether oxygens (including phenoxy) is 1. The van der Waals surface area contributed by atoms with E-state index in [9.17, 15) is 9.59 Å². The number of anilines is 1. The number of benzene rings is 2. The molecule has 1 fully saturated rings. The van der Waals surface area contributed by atoms with Crippen LogP contribution in [0.15, 0.2) is 54.7 Å². The molecule has 178 valence electrons. The van der Waals surface area contributed by atoms with Gasteiger partial charge in [-0.2, -0.15) is 5.10 Å². The number of methoxy groups -OCH3 is 1. The Balaban J connectivity index is 1.44. The number of rotatable bonds is 6. The number of hydrogen-bond acceptors (Lipinski definition) is 4. The molecule has 34 heavy (non-hydrogen) atoms. The number of piperidine rings is 1. The van der Waals surface area contributed by atoms with Crippen molar-refractivity contribution in [3.63, 3.8) is 0 Å². The van der Waals surface area contributed by atoms with E-state index < -0.39 is 0 Å². The summed E-state index contributed by atoms with van der Waals surface area (Å²) in [4.78, 5) is 28.0. The van der Waals surface area contributed by atoms with Crippen molar-refractivity contribution in [2.75, 3.05) is 25.5 Å². The molecule has 8 heteroatoms. The molecule has 4 rings (SSSR count). The fraction of sp³-hybridized carbons (Fsp3) is 0.346. The SMILES string of the molecule is COc1ccccc1NC(=O)C1CCN(C(=O)c2cnn(-c3ccc(Cl)cc3)c2C(C)C)CC1. The monoisotopic (exact) mass is 480 g/mol. The number of likely N-dealkylation sites (tertiary alicyclic amines) is 1. The van der Waals surface area contributed by atoms with Gasteiger partial charge in [0.25, 0.3) is 5.91 Å². The van der Waals surface area contributed by atoms with E-state index in [1.165, 1.54) is 0 Å². The molecule has 0 spiro atoms. The third kappa shape index (κ3) is 4.94. The first-order valence-electron chi connectivity index (χ1n) is 11.5. The van der Waals surface area contributed by atoms with Crippen LogP contribution in [0.25, 0.3) is 5.69 Å². The summed E-state index contributed by atoms with van der Waals surface area (Å²) < 4.78 is 7.13. The summed E-state index contributed by atoms with van der Waals surface area (Å²) in [6.07, 6.45) is 2.86. The van der Waals surface area contributed by atoms with Gasteiger partial charge in [-0.05, 0) is 55.2 Å². The number of hydrogen-bond donors (Lipinski definition) is 1. The van der Waals surface area contributed by atoms with Crippen LogP contribution in [0.5, 0.6) is 5.75 Å². The molecule has 0 atom stereocenters. The maximum atomic E-state index is 13.4. The van der Waals surface area contributed by atoms with Crippen LogP contribution in [0.4, 0.5) is 5.69 Å². The van der Waals surface area contributed by atoms with E-state index in [1.807, 2.05) is 58.1 Å². The second kappa shape index (κ2) is 10.3. The van der Waals surface area contributed by atoms with Crippen LogP contribution in [0.3, 0.4) is 0 Å². The lowest BCUT2D eigenvalue weighted by atomic mass is 9.95. The van der Waals surface area contributed by atoms with Gasteiger partial charge >= 0.3 is 0 Å². The molecule has 1 N–H and O–H groups in total. The number of para-hydroxylation sites is 2. The van der Waals surface area contributed by atoms with Gasteiger partial charge in [-0.1, -0.05) is 37.6 Å². The Morgan fingerprint density at radius 1 is 1.09 bits per heavy atom. The Labute approximate surface area is 204 Å². The summed E-state index contributed by atoms with van der Waals surface area (Å²) in [5.41, 5.74) is 2.98. The number of carbonyl (C=O) groups excluding carboxylic acids is 2. The quantitative estimate of drug-likeness (QED) is 0.529. The van der Waals surface area contributed by atoms with Crippen molar-refractivity contribution in [3.8, 4) is 11.4 Å². The van der Waals surface area contributed by atoms with Gasteiger partial charge in [0.05, 0.1) is 35.9 Å². The molecule has 0 aliphatic carbocycles. The second-order valence-electron chi connectivity index (χ2n) is 8.74. The Morgan fingerprint density at radius 2 is 1.76 bits per heavy atom. The molecular weight excluding hydrogens is 452 g/mol. The zero-order chi connectivity index (χ0) is 24.2. The molecule has 1 aliphatic rings. The van der Waals surface area contributed by atoms with Gasteiger partial charge in [0.15, 0.2) is 0 Å². The van der Waals surface area contributed by atoms with Crippen molar-refractivity contribution in [3.05, 3.63) is 71.0 Å². The van der Waals surface area contributed by atoms with Gasteiger partial charge in [0.1, 0.15) is 5.75 Å². The summed E-state index contributed by atoms with van der Waals surface area (Å²) >= 11 is 6.03. The van der Waals surface area contributed by atoms with Crippen molar-refractivity contribution in [1.82, 2.24) is 14.7 Å². The van der Waals surface area contributed by atoms with E-state index in [0.29, 0.717) is 48.0 Å². The van der Waals surface area contributed by atoms with Crippen molar-refractivity contribution < 1.29 is 14.3 Å². The van der Waals surface area contributed by atoms with E-state index in [1.54, 1.807) is 13.3 Å². The summed E-state index contributed by atoms with van der Waals surface area (Å²) in [5, 5.41) is 8.12. The topological polar surface area (TPSA) is 76.5 Å². The van der Waals surface area contributed by atoms with E-state index in [-0.39, 0.29) is 23.7 Å². The minimum Gasteiger partial charge on any atom is -0.495 e. The highest BCUT2D eigenvalue weighted by Crippen LogP contribution is 2.28. The number of nitrogens with one attached hydrogen (secondary N) is 1. The fourth-order valence-corrected chi connectivity index (χ4v) is 4.49. The van der Waals surface area contributed by atoms with Crippen LogP contribution in [0, 0.1) is 5.92 Å².